The molecule has 3 rings (SSSR count). The first-order valence-electron chi connectivity index (χ1n) is 7.37. The molecular formula is C17H16BrClN2O2. The Balaban J connectivity index is 1.67. The number of halogens is 2. The van der Waals surface area contributed by atoms with Crippen LogP contribution < -0.4 is 4.74 Å². The van der Waals surface area contributed by atoms with Crippen LogP contribution in [0.1, 0.15) is 22.5 Å². The van der Waals surface area contributed by atoms with Crippen LogP contribution in [0.15, 0.2) is 40.9 Å². The summed E-state index contributed by atoms with van der Waals surface area (Å²) in [4.78, 5) is 18.7. The van der Waals surface area contributed by atoms with E-state index < -0.39 is 0 Å². The van der Waals surface area contributed by atoms with Crippen LogP contribution >= 0.6 is 27.5 Å². The average molecular weight is 396 g/mol. The van der Waals surface area contributed by atoms with Crippen LogP contribution in [0.5, 0.6) is 5.88 Å². The van der Waals surface area contributed by atoms with E-state index in [1.165, 1.54) is 0 Å². The van der Waals surface area contributed by atoms with E-state index in [1.807, 2.05) is 31.2 Å². The Morgan fingerprint density at radius 1 is 1.39 bits per heavy atom. The molecule has 0 radical (unpaired) electrons. The van der Waals surface area contributed by atoms with Crippen LogP contribution in [0.4, 0.5) is 0 Å². The van der Waals surface area contributed by atoms with Gasteiger partial charge >= 0.3 is 0 Å². The summed E-state index contributed by atoms with van der Waals surface area (Å²) >= 11 is 9.52. The van der Waals surface area contributed by atoms with Gasteiger partial charge in [0.25, 0.3) is 5.91 Å². The number of benzene rings is 1. The van der Waals surface area contributed by atoms with Crippen molar-refractivity contribution in [3.8, 4) is 5.88 Å². The van der Waals surface area contributed by atoms with E-state index in [2.05, 4.69) is 20.9 Å². The first-order valence-corrected chi connectivity index (χ1v) is 8.54. The van der Waals surface area contributed by atoms with Crippen LogP contribution in [0.25, 0.3) is 0 Å². The first-order chi connectivity index (χ1) is 11.0. The predicted octanol–water partition coefficient (Wildman–Crippen LogP) is 4.10. The Morgan fingerprint density at radius 3 is 3.00 bits per heavy atom. The lowest BCUT2D eigenvalue weighted by Crippen LogP contribution is -2.31. The number of ether oxygens (including phenoxy) is 1. The number of hydrogen-bond donors (Lipinski definition) is 0. The van der Waals surface area contributed by atoms with Gasteiger partial charge in [0.2, 0.25) is 5.88 Å². The van der Waals surface area contributed by atoms with Crippen molar-refractivity contribution >= 4 is 33.4 Å². The second-order valence-corrected chi connectivity index (χ2v) is 6.84. The van der Waals surface area contributed by atoms with Crippen molar-refractivity contribution in [1.82, 2.24) is 9.88 Å². The van der Waals surface area contributed by atoms with E-state index in [0.717, 1.165) is 16.6 Å². The summed E-state index contributed by atoms with van der Waals surface area (Å²) in [6, 6.07) is 11.0. The standard InChI is InChI=1S/C17H16BrClN2O2/c1-11-3-2-4-16(20-11)23-13-7-8-21(10-13)17(22)14-9-12(18)5-6-15(14)19/h2-6,9,13H,7-8,10H2,1H3. The van der Waals surface area contributed by atoms with Crippen molar-refractivity contribution < 1.29 is 9.53 Å². The highest BCUT2D eigenvalue weighted by Gasteiger charge is 2.29. The molecule has 1 aromatic heterocycles. The minimum atomic E-state index is -0.0698. The molecule has 0 aliphatic carbocycles. The van der Waals surface area contributed by atoms with Crippen molar-refractivity contribution in [3.05, 3.63) is 57.2 Å². The van der Waals surface area contributed by atoms with Crippen LogP contribution in [0, 0.1) is 6.92 Å². The zero-order chi connectivity index (χ0) is 16.4. The average Bonchev–Trinajstić information content (AvgIpc) is 2.97. The van der Waals surface area contributed by atoms with Crippen molar-refractivity contribution in [1.29, 1.82) is 0 Å². The minimum Gasteiger partial charge on any atom is -0.472 e. The topological polar surface area (TPSA) is 42.4 Å². The normalized spacial score (nSPS) is 17.3. The maximum atomic E-state index is 12.6. The highest BCUT2D eigenvalue weighted by Crippen LogP contribution is 2.25. The van der Waals surface area contributed by atoms with Crippen molar-refractivity contribution in [3.63, 3.8) is 0 Å². The van der Waals surface area contributed by atoms with Gasteiger partial charge in [0.1, 0.15) is 6.10 Å². The smallest absolute Gasteiger partial charge is 0.255 e. The Bertz CT molecular complexity index is 738. The number of carbonyl (C=O) groups excluding carboxylic acids is 1. The Kier molecular flexibility index (Phi) is 4.87. The molecule has 0 N–H and O–H groups in total. The second kappa shape index (κ2) is 6.89. The maximum Gasteiger partial charge on any atom is 0.255 e. The number of hydrogen-bond acceptors (Lipinski definition) is 3. The molecule has 2 heterocycles. The first kappa shape index (κ1) is 16.3. The van der Waals surface area contributed by atoms with Crippen LogP contribution in [0.2, 0.25) is 5.02 Å². The third kappa shape index (κ3) is 3.85. The zero-order valence-electron chi connectivity index (χ0n) is 12.6. The lowest BCUT2D eigenvalue weighted by Gasteiger charge is -2.18. The third-order valence-corrected chi connectivity index (χ3v) is 4.56. The molecule has 0 saturated carbocycles. The van der Waals surface area contributed by atoms with Crippen molar-refractivity contribution in [2.45, 2.75) is 19.4 Å². The molecule has 2 aromatic rings. The molecular weight excluding hydrogens is 380 g/mol. The molecule has 1 aromatic carbocycles. The van der Waals surface area contributed by atoms with Gasteiger partial charge in [0, 0.05) is 29.2 Å². The van der Waals surface area contributed by atoms with Gasteiger partial charge < -0.3 is 9.64 Å². The van der Waals surface area contributed by atoms with Crippen molar-refractivity contribution in [2.75, 3.05) is 13.1 Å². The van der Waals surface area contributed by atoms with Crippen molar-refractivity contribution in [2.24, 2.45) is 0 Å². The van der Waals surface area contributed by atoms with Gasteiger partial charge in [-0.25, -0.2) is 4.98 Å². The molecule has 1 unspecified atom stereocenters. The van der Waals surface area contributed by atoms with E-state index in [1.54, 1.807) is 17.0 Å². The molecule has 120 valence electrons. The molecule has 0 spiro atoms. The number of aryl methyl sites for hydroxylation is 1. The molecule has 1 atom stereocenters. The Morgan fingerprint density at radius 2 is 2.22 bits per heavy atom. The summed E-state index contributed by atoms with van der Waals surface area (Å²) in [6.07, 6.45) is 0.742. The van der Waals surface area contributed by atoms with E-state index in [4.69, 9.17) is 16.3 Å². The molecule has 4 nitrogen and oxygen atoms in total. The Labute approximate surface area is 148 Å². The summed E-state index contributed by atoms with van der Waals surface area (Å²) in [7, 11) is 0. The lowest BCUT2D eigenvalue weighted by atomic mass is 10.2. The quantitative estimate of drug-likeness (QED) is 0.786. The SMILES string of the molecule is Cc1cccc(OC2CCN(C(=O)c3cc(Br)ccc3Cl)C2)n1. The number of amides is 1. The summed E-state index contributed by atoms with van der Waals surface area (Å²) in [5.41, 5.74) is 1.42. The van der Waals surface area contributed by atoms with Gasteiger partial charge in [-0.3, -0.25) is 4.79 Å². The molecule has 1 amide bonds. The molecule has 1 saturated heterocycles. The summed E-state index contributed by atoms with van der Waals surface area (Å²) in [6.45, 7) is 3.11. The molecule has 1 aliphatic heterocycles. The second-order valence-electron chi connectivity index (χ2n) is 5.52. The van der Waals surface area contributed by atoms with Gasteiger partial charge in [-0.2, -0.15) is 0 Å². The molecule has 0 bridgehead atoms. The van der Waals surface area contributed by atoms with Gasteiger partial charge in [0.15, 0.2) is 0 Å². The molecule has 1 aliphatic rings. The highest BCUT2D eigenvalue weighted by molar-refractivity contribution is 9.10. The highest BCUT2D eigenvalue weighted by atomic mass is 79.9. The monoisotopic (exact) mass is 394 g/mol. The number of likely N-dealkylation sites (tertiary alicyclic amines) is 1. The van der Waals surface area contributed by atoms with Gasteiger partial charge in [-0.05, 0) is 31.2 Å². The maximum absolute atomic E-state index is 12.6. The number of carbonyl (C=O) groups is 1. The fourth-order valence-electron chi connectivity index (χ4n) is 2.60. The Hall–Kier alpha value is -1.59. The molecule has 1 fully saturated rings. The lowest BCUT2D eigenvalue weighted by molar-refractivity contribution is 0.0771. The summed E-state index contributed by atoms with van der Waals surface area (Å²) in [5.74, 6) is 0.532. The summed E-state index contributed by atoms with van der Waals surface area (Å²) < 4.78 is 6.71. The van der Waals surface area contributed by atoms with Crippen LogP contribution in [0.3, 0.4) is 0 Å². The predicted molar refractivity (Wildman–Crippen MR) is 93.1 cm³/mol. The fraction of sp³-hybridized carbons (Fsp3) is 0.294. The summed E-state index contributed by atoms with van der Waals surface area (Å²) in [5, 5.41) is 0.461. The van der Waals surface area contributed by atoms with Crippen LogP contribution in [-0.4, -0.2) is 35.0 Å². The van der Waals surface area contributed by atoms with Gasteiger partial charge in [-0.1, -0.05) is 33.6 Å². The molecule has 23 heavy (non-hydrogen) atoms. The zero-order valence-corrected chi connectivity index (χ0v) is 15.0. The molecule has 6 heteroatoms. The third-order valence-electron chi connectivity index (χ3n) is 3.74. The largest absolute Gasteiger partial charge is 0.472 e. The number of aromatic nitrogens is 1. The van der Waals surface area contributed by atoms with E-state index >= 15 is 0 Å². The van der Waals surface area contributed by atoms with Gasteiger partial charge in [0.05, 0.1) is 17.1 Å². The minimum absolute atomic E-state index is 0.0424. The number of pyridine rings is 1. The van der Waals surface area contributed by atoms with E-state index in [9.17, 15) is 4.79 Å². The number of rotatable bonds is 3. The number of nitrogens with zero attached hydrogens (tertiary/aromatic N) is 2. The van der Waals surface area contributed by atoms with E-state index in [0.29, 0.717) is 29.6 Å². The van der Waals surface area contributed by atoms with E-state index in [-0.39, 0.29) is 12.0 Å². The fourth-order valence-corrected chi connectivity index (χ4v) is 3.15. The van der Waals surface area contributed by atoms with Crippen LogP contribution in [-0.2, 0) is 0 Å². The van der Waals surface area contributed by atoms with Gasteiger partial charge in [-0.15, -0.1) is 0 Å².